The molecule has 20 heavy (non-hydrogen) atoms. The Morgan fingerprint density at radius 1 is 1.40 bits per heavy atom. The molecule has 1 aliphatic heterocycles. The third-order valence-electron chi connectivity index (χ3n) is 4.33. The fourth-order valence-electron chi connectivity index (χ4n) is 3.20. The number of anilines is 2. The van der Waals surface area contributed by atoms with E-state index in [1.165, 1.54) is 19.3 Å². The Kier molecular flexibility index (Phi) is 3.78. The summed E-state index contributed by atoms with van der Waals surface area (Å²) in [4.78, 5) is 13.5. The van der Waals surface area contributed by atoms with E-state index in [9.17, 15) is 4.79 Å². The smallest absolute Gasteiger partial charge is 0.321 e. The number of hydrogen-bond acceptors (Lipinski definition) is 3. The molecule has 2 fully saturated rings. The van der Waals surface area contributed by atoms with Crippen LogP contribution in [0.15, 0.2) is 24.3 Å². The highest BCUT2D eigenvalue weighted by Crippen LogP contribution is 2.29. The van der Waals surface area contributed by atoms with Crippen LogP contribution in [0.2, 0.25) is 0 Å². The summed E-state index contributed by atoms with van der Waals surface area (Å²) in [6.45, 7) is 2.19. The first-order valence-electron chi connectivity index (χ1n) is 7.40. The van der Waals surface area contributed by atoms with E-state index in [0.717, 1.165) is 24.5 Å². The van der Waals surface area contributed by atoms with Crippen molar-refractivity contribution in [3.05, 3.63) is 24.3 Å². The molecule has 5 nitrogen and oxygen atoms in total. The van der Waals surface area contributed by atoms with E-state index in [1.807, 2.05) is 12.1 Å². The number of amides is 2. The second kappa shape index (κ2) is 5.71. The van der Waals surface area contributed by atoms with E-state index in [4.69, 9.17) is 5.73 Å². The summed E-state index contributed by atoms with van der Waals surface area (Å²) in [6, 6.07) is 8.53. The molecule has 3 rings (SSSR count). The van der Waals surface area contributed by atoms with E-state index in [2.05, 4.69) is 22.8 Å². The molecule has 1 aromatic carbocycles. The lowest BCUT2D eigenvalue weighted by molar-refractivity contribution is 0.252. The van der Waals surface area contributed by atoms with Gasteiger partial charge in [0.05, 0.1) is 0 Å². The minimum atomic E-state index is -0.0112. The largest absolute Gasteiger partial charge is 0.382 e. The molecule has 2 amide bonds. The van der Waals surface area contributed by atoms with Crippen LogP contribution in [-0.2, 0) is 0 Å². The number of carbonyl (C=O) groups is 1. The van der Waals surface area contributed by atoms with E-state index < -0.39 is 0 Å². The molecular weight excluding hydrogens is 252 g/mol. The van der Waals surface area contributed by atoms with Crippen LogP contribution in [0.5, 0.6) is 0 Å². The summed E-state index contributed by atoms with van der Waals surface area (Å²) in [6.07, 6.45) is 3.63. The van der Waals surface area contributed by atoms with Crippen LogP contribution in [0.4, 0.5) is 16.2 Å². The standard InChI is InChI=1S/C15H22N4O/c16-10-11-3-1-6-14(11)18-12-4-2-5-13(9-12)19-8-7-17-15(19)20/h2,4-5,9,11,14,18H,1,3,6-8,10,16H2,(H,17,20). The summed E-state index contributed by atoms with van der Waals surface area (Å²) < 4.78 is 0. The van der Waals surface area contributed by atoms with Gasteiger partial charge in [-0.25, -0.2) is 4.79 Å². The van der Waals surface area contributed by atoms with E-state index in [-0.39, 0.29) is 6.03 Å². The van der Waals surface area contributed by atoms with Crippen LogP contribution in [-0.4, -0.2) is 31.7 Å². The van der Waals surface area contributed by atoms with Gasteiger partial charge in [-0.2, -0.15) is 0 Å². The monoisotopic (exact) mass is 274 g/mol. The molecule has 2 unspecified atom stereocenters. The fourth-order valence-corrected chi connectivity index (χ4v) is 3.20. The number of benzene rings is 1. The molecule has 1 aliphatic carbocycles. The fraction of sp³-hybridized carbons (Fsp3) is 0.533. The molecule has 4 N–H and O–H groups in total. The number of rotatable bonds is 4. The van der Waals surface area contributed by atoms with Gasteiger partial charge in [0.25, 0.3) is 0 Å². The molecule has 2 aliphatic rings. The van der Waals surface area contributed by atoms with Gasteiger partial charge in [0, 0.05) is 30.5 Å². The van der Waals surface area contributed by atoms with Gasteiger partial charge in [-0.05, 0) is 43.5 Å². The lowest BCUT2D eigenvalue weighted by Gasteiger charge is -2.22. The van der Waals surface area contributed by atoms with Crippen molar-refractivity contribution in [3.8, 4) is 0 Å². The van der Waals surface area contributed by atoms with Crippen LogP contribution >= 0.6 is 0 Å². The summed E-state index contributed by atoms with van der Waals surface area (Å²) in [5.74, 6) is 0.564. The van der Waals surface area contributed by atoms with Crippen LogP contribution in [0.25, 0.3) is 0 Å². The highest BCUT2D eigenvalue weighted by molar-refractivity contribution is 5.94. The van der Waals surface area contributed by atoms with Gasteiger partial charge in [0.2, 0.25) is 0 Å². The number of hydrogen-bond donors (Lipinski definition) is 3. The first-order valence-corrected chi connectivity index (χ1v) is 7.40. The second-order valence-corrected chi connectivity index (χ2v) is 5.61. The van der Waals surface area contributed by atoms with Gasteiger partial charge >= 0.3 is 6.03 Å². The number of carbonyl (C=O) groups excluding carboxylic acids is 1. The molecule has 5 heteroatoms. The molecule has 0 spiro atoms. The van der Waals surface area contributed by atoms with Crippen molar-refractivity contribution in [3.63, 3.8) is 0 Å². The molecule has 0 bridgehead atoms. The molecule has 1 saturated heterocycles. The maximum absolute atomic E-state index is 11.7. The van der Waals surface area contributed by atoms with Crippen molar-refractivity contribution >= 4 is 17.4 Å². The van der Waals surface area contributed by atoms with Crippen molar-refractivity contribution in [2.45, 2.75) is 25.3 Å². The third-order valence-corrected chi connectivity index (χ3v) is 4.33. The SMILES string of the molecule is NCC1CCCC1Nc1cccc(N2CCNC2=O)c1. The first-order chi connectivity index (χ1) is 9.78. The predicted octanol–water partition coefficient (Wildman–Crippen LogP) is 1.76. The Morgan fingerprint density at radius 2 is 2.30 bits per heavy atom. The summed E-state index contributed by atoms with van der Waals surface area (Å²) in [5, 5.41) is 6.41. The molecule has 0 aromatic heterocycles. The zero-order chi connectivity index (χ0) is 13.9. The third kappa shape index (κ3) is 2.58. The lowest BCUT2D eigenvalue weighted by Crippen LogP contribution is -2.30. The quantitative estimate of drug-likeness (QED) is 0.783. The maximum Gasteiger partial charge on any atom is 0.321 e. The van der Waals surface area contributed by atoms with Crippen LogP contribution in [0, 0.1) is 5.92 Å². The Labute approximate surface area is 119 Å². The summed E-state index contributed by atoms with van der Waals surface area (Å²) in [7, 11) is 0. The average molecular weight is 274 g/mol. The van der Waals surface area contributed by atoms with Gasteiger partial charge in [0.15, 0.2) is 0 Å². The average Bonchev–Trinajstić information content (AvgIpc) is 3.08. The number of urea groups is 1. The van der Waals surface area contributed by atoms with Gasteiger partial charge < -0.3 is 16.4 Å². The Bertz CT molecular complexity index is 491. The summed E-state index contributed by atoms with van der Waals surface area (Å²) >= 11 is 0. The predicted molar refractivity (Wildman–Crippen MR) is 81.0 cm³/mol. The van der Waals surface area contributed by atoms with Crippen LogP contribution in [0.1, 0.15) is 19.3 Å². The molecule has 1 saturated carbocycles. The van der Waals surface area contributed by atoms with Crippen molar-refractivity contribution in [1.82, 2.24) is 5.32 Å². The normalized spacial score (nSPS) is 25.9. The van der Waals surface area contributed by atoms with E-state index in [1.54, 1.807) is 4.90 Å². The van der Waals surface area contributed by atoms with E-state index in [0.29, 0.717) is 18.5 Å². The second-order valence-electron chi connectivity index (χ2n) is 5.61. The Morgan fingerprint density at radius 3 is 3.05 bits per heavy atom. The molecule has 1 aromatic rings. The summed E-state index contributed by atoms with van der Waals surface area (Å²) in [5.41, 5.74) is 7.85. The van der Waals surface area contributed by atoms with Crippen LogP contribution < -0.4 is 21.3 Å². The van der Waals surface area contributed by atoms with E-state index >= 15 is 0 Å². The van der Waals surface area contributed by atoms with Gasteiger partial charge in [-0.3, -0.25) is 4.90 Å². The van der Waals surface area contributed by atoms with Crippen molar-refractivity contribution in [2.24, 2.45) is 11.7 Å². The maximum atomic E-state index is 11.7. The number of nitrogens with one attached hydrogen (secondary N) is 2. The highest BCUT2D eigenvalue weighted by atomic mass is 16.2. The van der Waals surface area contributed by atoms with Crippen molar-refractivity contribution in [1.29, 1.82) is 0 Å². The minimum absolute atomic E-state index is 0.0112. The highest BCUT2D eigenvalue weighted by Gasteiger charge is 2.26. The molecule has 108 valence electrons. The van der Waals surface area contributed by atoms with Gasteiger partial charge in [-0.1, -0.05) is 12.5 Å². The number of nitrogens with two attached hydrogens (primary N) is 1. The van der Waals surface area contributed by atoms with Crippen molar-refractivity contribution in [2.75, 3.05) is 29.9 Å². The Hall–Kier alpha value is -1.75. The van der Waals surface area contributed by atoms with Crippen LogP contribution in [0.3, 0.4) is 0 Å². The lowest BCUT2D eigenvalue weighted by atomic mass is 10.0. The zero-order valence-electron chi connectivity index (χ0n) is 11.6. The topological polar surface area (TPSA) is 70.4 Å². The van der Waals surface area contributed by atoms with Gasteiger partial charge in [0.1, 0.15) is 0 Å². The minimum Gasteiger partial charge on any atom is -0.382 e. The molecule has 1 heterocycles. The molecule has 0 radical (unpaired) electrons. The molecular formula is C15H22N4O. The van der Waals surface area contributed by atoms with Crippen molar-refractivity contribution < 1.29 is 4.79 Å². The Balaban J connectivity index is 1.72. The first kappa shape index (κ1) is 13.2. The van der Waals surface area contributed by atoms with Gasteiger partial charge in [-0.15, -0.1) is 0 Å². The number of nitrogens with zero attached hydrogens (tertiary/aromatic N) is 1. The molecule has 2 atom stereocenters. The zero-order valence-corrected chi connectivity index (χ0v) is 11.6.